The molecule has 0 bridgehead atoms. The lowest BCUT2D eigenvalue weighted by Gasteiger charge is -2.05. The van der Waals surface area contributed by atoms with Crippen molar-refractivity contribution < 1.29 is 9.18 Å². The number of hydrogen-bond donors (Lipinski definition) is 1. The van der Waals surface area contributed by atoms with Crippen molar-refractivity contribution in [1.82, 2.24) is 0 Å². The Morgan fingerprint density at radius 1 is 1.42 bits per heavy atom. The molecule has 100 valence electrons. The van der Waals surface area contributed by atoms with E-state index in [1.165, 1.54) is 17.4 Å². The molecule has 0 aliphatic rings. The van der Waals surface area contributed by atoms with Gasteiger partial charge in [-0.2, -0.15) is 0 Å². The molecule has 0 saturated heterocycles. The molecule has 1 N–H and O–H groups in total. The number of hydrogen-bond acceptors (Lipinski definition) is 2. The van der Waals surface area contributed by atoms with Crippen molar-refractivity contribution in [2.75, 3.05) is 5.32 Å². The fourth-order valence-electron chi connectivity index (χ4n) is 1.76. The molecule has 1 heterocycles. The van der Waals surface area contributed by atoms with Crippen molar-refractivity contribution in [3.63, 3.8) is 0 Å². The molecule has 0 aliphatic heterocycles. The van der Waals surface area contributed by atoms with Crippen molar-refractivity contribution >= 4 is 38.9 Å². The molecular formula is C14H13BrFNOS. The number of aryl methyl sites for hydroxylation is 2. The Morgan fingerprint density at radius 2 is 2.16 bits per heavy atom. The molecule has 19 heavy (non-hydrogen) atoms. The van der Waals surface area contributed by atoms with Crippen LogP contribution in [-0.4, -0.2) is 5.91 Å². The monoisotopic (exact) mass is 341 g/mol. The van der Waals surface area contributed by atoms with Gasteiger partial charge in [0.25, 0.3) is 5.91 Å². The molecule has 1 aromatic carbocycles. The van der Waals surface area contributed by atoms with Crippen LogP contribution in [0.5, 0.6) is 0 Å². The van der Waals surface area contributed by atoms with Gasteiger partial charge in [-0.3, -0.25) is 4.79 Å². The Hall–Kier alpha value is -1.20. The third-order valence-corrected chi connectivity index (χ3v) is 4.39. The Morgan fingerprint density at radius 3 is 2.74 bits per heavy atom. The molecule has 5 heteroatoms. The summed E-state index contributed by atoms with van der Waals surface area (Å²) in [7, 11) is 0. The number of carbonyl (C=O) groups is 1. The summed E-state index contributed by atoms with van der Waals surface area (Å²) in [4.78, 5) is 13.8. The fraction of sp³-hybridized carbons (Fsp3) is 0.214. The second-order valence-corrected chi connectivity index (χ2v) is 6.30. The maximum atomic E-state index is 13.6. The highest BCUT2D eigenvalue weighted by atomic mass is 79.9. The van der Waals surface area contributed by atoms with E-state index in [-0.39, 0.29) is 11.6 Å². The molecule has 1 aromatic heterocycles. The molecule has 0 saturated carbocycles. The zero-order chi connectivity index (χ0) is 14.0. The fourth-order valence-corrected chi connectivity index (χ4v) is 3.10. The predicted octanol–water partition coefficient (Wildman–Crippen LogP) is 4.77. The SMILES string of the molecule is CCc1cc(C(=O)Nc2ccc(Br)cc2F)sc1C. The second kappa shape index (κ2) is 5.84. The van der Waals surface area contributed by atoms with Gasteiger partial charge in [-0.15, -0.1) is 11.3 Å². The summed E-state index contributed by atoms with van der Waals surface area (Å²) >= 11 is 4.61. The van der Waals surface area contributed by atoms with Gasteiger partial charge in [-0.1, -0.05) is 22.9 Å². The molecule has 2 nitrogen and oxygen atoms in total. The molecule has 1 amide bonds. The smallest absolute Gasteiger partial charge is 0.265 e. The number of thiophene rings is 1. The van der Waals surface area contributed by atoms with E-state index in [9.17, 15) is 9.18 Å². The van der Waals surface area contributed by atoms with Gasteiger partial charge in [0.05, 0.1) is 10.6 Å². The van der Waals surface area contributed by atoms with E-state index in [0.717, 1.165) is 16.9 Å². The molecule has 2 aromatic rings. The van der Waals surface area contributed by atoms with Crippen LogP contribution in [0, 0.1) is 12.7 Å². The summed E-state index contributed by atoms with van der Waals surface area (Å²) in [5.74, 6) is -0.722. The largest absolute Gasteiger partial charge is 0.319 e. The maximum absolute atomic E-state index is 13.6. The Balaban J connectivity index is 2.20. The van der Waals surface area contributed by atoms with Crippen LogP contribution in [0.1, 0.15) is 27.0 Å². The molecule has 0 unspecified atom stereocenters. The number of halogens is 2. The first-order valence-corrected chi connectivity index (χ1v) is 7.48. The first-order valence-electron chi connectivity index (χ1n) is 5.87. The number of rotatable bonds is 3. The van der Waals surface area contributed by atoms with Gasteiger partial charge in [-0.05, 0) is 43.2 Å². The maximum Gasteiger partial charge on any atom is 0.265 e. The number of nitrogens with one attached hydrogen (secondary N) is 1. The highest BCUT2D eigenvalue weighted by Crippen LogP contribution is 2.24. The average molecular weight is 342 g/mol. The lowest BCUT2D eigenvalue weighted by atomic mass is 10.2. The van der Waals surface area contributed by atoms with Crippen LogP contribution in [0.2, 0.25) is 0 Å². The Bertz CT molecular complexity index is 624. The minimum absolute atomic E-state index is 0.192. The van der Waals surface area contributed by atoms with Gasteiger partial charge in [0, 0.05) is 9.35 Å². The summed E-state index contributed by atoms with van der Waals surface area (Å²) < 4.78 is 14.3. The van der Waals surface area contributed by atoms with Crippen molar-refractivity contribution in [1.29, 1.82) is 0 Å². The van der Waals surface area contributed by atoms with E-state index >= 15 is 0 Å². The first kappa shape index (κ1) is 14.2. The molecule has 0 atom stereocenters. The van der Waals surface area contributed by atoms with Crippen molar-refractivity contribution in [2.45, 2.75) is 20.3 Å². The summed E-state index contributed by atoms with van der Waals surface area (Å²) in [6, 6.07) is 6.42. The molecule has 0 radical (unpaired) electrons. The minimum atomic E-state index is -0.452. The second-order valence-electron chi connectivity index (χ2n) is 4.12. The standard InChI is InChI=1S/C14H13BrFNOS/c1-3-9-6-13(19-8(9)2)14(18)17-12-5-4-10(15)7-11(12)16/h4-7H,3H2,1-2H3,(H,17,18). The van der Waals surface area contributed by atoms with E-state index in [1.54, 1.807) is 12.1 Å². The summed E-state index contributed by atoms with van der Waals surface area (Å²) in [5, 5.41) is 2.59. The Labute approximate surface area is 123 Å². The number of amides is 1. The van der Waals surface area contributed by atoms with Crippen molar-refractivity contribution in [3.8, 4) is 0 Å². The summed E-state index contributed by atoms with van der Waals surface area (Å²) in [5.41, 5.74) is 1.35. The summed E-state index contributed by atoms with van der Waals surface area (Å²) in [6.07, 6.45) is 0.891. The van der Waals surface area contributed by atoms with Crippen LogP contribution in [0.4, 0.5) is 10.1 Å². The third kappa shape index (κ3) is 3.22. The van der Waals surface area contributed by atoms with Gasteiger partial charge >= 0.3 is 0 Å². The molecule has 2 rings (SSSR count). The minimum Gasteiger partial charge on any atom is -0.319 e. The van der Waals surface area contributed by atoms with Gasteiger partial charge in [0.15, 0.2) is 0 Å². The highest BCUT2D eigenvalue weighted by Gasteiger charge is 2.13. The van der Waals surface area contributed by atoms with Crippen LogP contribution in [0.3, 0.4) is 0 Å². The quantitative estimate of drug-likeness (QED) is 0.855. The van der Waals surface area contributed by atoms with E-state index < -0.39 is 5.82 Å². The zero-order valence-corrected chi connectivity index (χ0v) is 13.0. The lowest BCUT2D eigenvalue weighted by Crippen LogP contribution is -2.11. The van der Waals surface area contributed by atoms with Crippen LogP contribution < -0.4 is 5.32 Å². The first-order chi connectivity index (χ1) is 9.01. The van der Waals surface area contributed by atoms with E-state index in [4.69, 9.17) is 0 Å². The molecular weight excluding hydrogens is 329 g/mol. The predicted molar refractivity (Wildman–Crippen MR) is 80.5 cm³/mol. The summed E-state index contributed by atoms with van der Waals surface area (Å²) in [6.45, 7) is 4.03. The van der Waals surface area contributed by atoms with E-state index in [0.29, 0.717) is 9.35 Å². The zero-order valence-electron chi connectivity index (χ0n) is 10.6. The van der Waals surface area contributed by atoms with Crippen LogP contribution in [0.15, 0.2) is 28.7 Å². The van der Waals surface area contributed by atoms with E-state index in [1.807, 2.05) is 19.9 Å². The van der Waals surface area contributed by atoms with Crippen molar-refractivity contribution in [3.05, 3.63) is 49.9 Å². The van der Waals surface area contributed by atoms with Gasteiger partial charge in [-0.25, -0.2) is 4.39 Å². The molecule has 0 spiro atoms. The lowest BCUT2D eigenvalue weighted by molar-refractivity contribution is 0.103. The van der Waals surface area contributed by atoms with Crippen LogP contribution in [0.25, 0.3) is 0 Å². The Kier molecular flexibility index (Phi) is 4.37. The molecule has 0 aliphatic carbocycles. The van der Waals surface area contributed by atoms with Crippen molar-refractivity contribution in [2.24, 2.45) is 0 Å². The van der Waals surface area contributed by atoms with Crippen LogP contribution >= 0.6 is 27.3 Å². The number of benzene rings is 1. The average Bonchev–Trinajstić information content (AvgIpc) is 2.74. The third-order valence-electron chi connectivity index (χ3n) is 2.80. The topological polar surface area (TPSA) is 29.1 Å². The van der Waals surface area contributed by atoms with Gasteiger partial charge < -0.3 is 5.32 Å². The van der Waals surface area contributed by atoms with Gasteiger partial charge in [0.2, 0.25) is 0 Å². The highest BCUT2D eigenvalue weighted by molar-refractivity contribution is 9.10. The van der Waals surface area contributed by atoms with Gasteiger partial charge in [0.1, 0.15) is 5.82 Å². The number of carbonyl (C=O) groups excluding carboxylic acids is 1. The van der Waals surface area contributed by atoms with E-state index in [2.05, 4.69) is 21.2 Å². The van der Waals surface area contributed by atoms with Crippen LogP contribution in [-0.2, 0) is 6.42 Å². The normalized spacial score (nSPS) is 10.5. The number of anilines is 1. The molecule has 0 fully saturated rings.